The maximum Gasteiger partial charge on any atom is 0.243 e. The maximum absolute atomic E-state index is 13.2. The maximum atomic E-state index is 13.2. The van der Waals surface area contributed by atoms with Gasteiger partial charge in [-0.15, -0.1) is 0 Å². The minimum Gasteiger partial charge on any atom is -0.379 e. The number of thiocarbonyl (C=S) groups is 1. The predicted molar refractivity (Wildman–Crippen MR) is 107 cm³/mol. The molecule has 2 aromatic carbocycles. The molecule has 1 fully saturated rings. The third-order valence-electron chi connectivity index (χ3n) is 3.90. The number of hydrogen-bond donors (Lipinski definition) is 2. The second kappa shape index (κ2) is 8.49. The van der Waals surface area contributed by atoms with Gasteiger partial charge in [-0.25, -0.2) is 12.8 Å². The zero-order valence-corrected chi connectivity index (χ0v) is 16.5. The van der Waals surface area contributed by atoms with E-state index in [1.54, 1.807) is 12.1 Å². The Kier molecular flexibility index (Phi) is 6.28. The second-order valence-electron chi connectivity index (χ2n) is 5.75. The second-order valence-corrected chi connectivity index (χ2v) is 8.50. The van der Waals surface area contributed by atoms with Crippen molar-refractivity contribution < 1.29 is 17.5 Å². The molecular formula is C17H17ClFN3O3S2. The van der Waals surface area contributed by atoms with E-state index in [1.807, 2.05) is 0 Å². The van der Waals surface area contributed by atoms with E-state index in [0.717, 1.165) is 0 Å². The molecule has 144 valence electrons. The summed E-state index contributed by atoms with van der Waals surface area (Å²) in [4.78, 5) is 0.208. The predicted octanol–water partition coefficient (Wildman–Crippen LogP) is 3.31. The zero-order chi connectivity index (χ0) is 19.4. The van der Waals surface area contributed by atoms with Crippen LogP contribution in [0.15, 0.2) is 47.4 Å². The number of nitrogens with one attached hydrogen (secondary N) is 2. The molecule has 0 bridgehead atoms. The minimum absolute atomic E-state index is 0.0135. The number of morpholine rings is 1. The molecule has 0 spiro atoms. The van der Waals surface area contributed by atoms with Gasteiger partial charge >= 0.3 is 0 Å². The minimum atomic E-state index is -3.54. The normalized spacial score (nSPS) is 15.3. The number of anilines is 2. The first-order valence-electron chi connectivity index (χ1n) is 8.07. The molecule has 27 heavy (non-hydrogen) atoms. The van der Waals surface area contributed by atoms with Crippen LogP contribution in [0.5, 0.6) is 0 Å². The summed E-state index contributed by atoms with van der Waals surface area (Å²) in [6.45, 7) is 1.48. The Hall–Kier alpha value is -1.78. The number of rotatable bonds is 4. The van der Waals surface area contributed by atoms with Crippen molar-refractivity contribution in [3.63, 3.8) is 0 Å². The molecule has 0 aliphatic carbocycles. The highest BCUT2D eigenvalue weighted by molar-refractivity contribution is 7.89. The van der Waals surface area contributed by atoms with Gasteiger partial charge in [-0.3, -0.25) is 0 Å². The summed E-state index contributed by atoms with van der Waals surface area (Å²) < 4.78 is 45.0. The van der Waals surface area contributed by atoms with E-state index >= 15 is 0 Å². The number of benzene rings is 2. The van der Waals surface area contributed by atoms with E-state index in [-0.39, 0.29) is 15.0 Å². The summed E-state index contributed by atoms with van der Waals surface area (Å²) in [5.41, 5.74) is 1.15. The lowest BCUT2D eigenvalue weighted by molar-refractivity contribution is 0.0730. The SMILES string of the molecule is O=S(=O)(c1ccc(NC(=S)Nc2ccc(F)c(Cl)c2)cc1)N1CCOCC1. The first-order chi connectivity index (χ1) is 12.9. The highest BCUT2D eigenvalue weighted by atomic mass is 35.5. The van der Waals surface area contributed by atoms with Crippen LogP contribution < -0.4 is 10.6 Å². The van der Waals surface area contributed by atoms with E-state index in [9.17, 15) is 12.8 Å². The number of hydrogen-bond acceptors (Lipinski definition) is 4. The van der Waals surface area contributed by atoms with E-state index in [1.165, 1.54) is 34.6 Å². The standard InChI is InChI=1S/C17H17ClFN3O3S2/c18-15-11-13(3-6-16(15)19)21-17(26)20-12-1-4-14(5-2-12)27(23,24)22-7-9-25-10-8-22/h1-6,11H,7-10H2,(H2,20,21,26). The van der Waals surface area contributed by atoms with Crippen molar-refractivity contribution >= 4 is 50.3 Å². The molecular weight excluding hydrogens is 413 g/mol. The van der Waals surface area contributed by atoms with Crippen molar-refractivity contribution in [2.45, 2.75) is 4.90 Å². The lowest BCUT2D eigenvalue weighted by Crippen LogP contribution is -2.40. The van der Waals surface area contributed by atoms with Gasteiger partial charge in [-0.2, -0.15) is 4.31 Å². The smallest absolute Gasteiger partial charge is 0.243 e. The molecule has 6 nitrogen and oxygen atoms in total. The third kappa shape index (κ3) is 4.94. The Morgan fingerprint density at radius 1 is 1.07 bits per heavy atom. The molecule has 1 aliphatic heterocycles. The number of ether oxygens (including phenoxy) is 1. The monoisotopic (exact) mass is 429 g/mol. The lowest BCUT2D eigenvalue weighted by atomic mass is 10.3. The summed E-state index contributed by atoms with van der Waals surface area (Å²) in [6, 6.07) is 10.4. The van der Waals surface area contributed by atoms with Gasteiger partial charge in [-0.1, -0.05) is 11.6 Å². The Bertz CT molecular complexity index is 933. The Labute approximate surface area is 167 Å². The van der Waals surface area contributed by atoms with Crippen molar-refractivity contribution in [2.75, 3.05) is 36.9 Å². The number of halogens is 2. The molecule has 2 N–H and O–H groups in total. The van der Waals surface area contributed by atoms with E-state index in [4.69, 9.17) is 28.6 Å². The fourth-order valence-corrected chi connectivity index (χ4v) is 4.34. The Morgan fingerprint density at radius 2 is 1.67 bits per heavy atom. The van der Waals surface area contributed by atoms with Crippen LogP contribution in [-0.2, 0) is 14.8 Å². The zero-order valence-electron chi connectivity index (χ0n) is 14.1. The van der Waals surface area contributed by atoms with Gasteiger partial charge in [0.05, 0.1) is 23.1 Å². The summed E-state index contributed by atoms with van der Waals surface area (Å²) >= 11 is 10.9. The quantitative estimate of drug-likeness (QED) is 0.726. The van der Waals surface area contributed by atoms with Crippen LogP contribution >= 0.6 is 23.8 Å². The molecule has 0 radical (unpaired) electrons. The molecule has 1 aliphatic rings. The van der Waals surface area contributed by atoms with Crippen LogP contribution in [0.25, 0.3) is 0 Å². The fourth-order valence-electron chi connectivity index (χ4n) is 2.51. The molecule has 0 amide bonds. The van der Waals surface area contributed by atoms with Crippen LogP contribution in [0.1, 0.15) is 0 Å². The van der Waals surface area contributed by atoms with E-state index in [0.29, 0.717) is 37.7 Å². The summed E-state index contributed by atoms with van der Waals surface area (Å²) in [7, 11) is -3.54. The van der Waals surface area contributed by atoms with Gasteiger partial charge in [-0.05, 0) is 54.7 Å². The van der Waals surface area contributed by atoms with Gasteiger partial charge in [0, 0.05) is 24.5 Å². The molecule has 0 atom stereocenters. The van der Waals surface area contributed by atoms with Crippen molar-refractivity contribution in [1.82, 2.24) is 4.31 Å². The largest absolute Gasteiger partial charge is 0.379 e. The Balaban J connectivity index is 1.64. The van der Waals surface area contributed by atoms with Crippen molar-refractivity contribution in [3.05, 3.63) is 53.3 Å². The number of sulfonamides is 1. The topological polar surface area (TPSA) is 70.7 Å². The van der Waals surface area contributed by atoms with Crippen LogP contribution in [0.2, 0.25) is 5.02 Å². The van der Waals surface area contributed by atoms with Crippen LogP contribution in [0, 0.1) is 5.82 Å². The van der Waals surface area contributed by atoms with Gasteiger partial charge in [0.1, 0.15) is 5.82 Å². The molecule has 0 saturated carbocycles. The molecule has 1 heterocycles. The molecule has 0 unspecified atom stereocenters. The summed E-state index contributed by atoms with van der Waals surface area (Å²) in [6.07, 6.45) is 0. The van der Waals surface area contributed by atoms with Crippen LogP contribution in [-0.4, -0.2) is 44.1 Å². The van der Waals surface area contributed by atoms with Crippen LogP contribution in [0.4, 0.5) is 15.8 Å². The first kappa shape index (κ1) is 20.0. The third-order valence-corrected chi connectivity index (χ3v) is 6.30. The van der Waals surface area contributed by atoms with E-state index < -0.39 is 15.8 Å². The molecule has 10 heteroatoms. The van der Waals surface area contributed by atoms with Gasteiger partial charge in [0.25, 0.3) is 0 Å². The highest BCUT2D eigenvalue weighted by Crippen LogP contribution is 2.21. The van der Waals surface area contributed by atoms with Crippen LogP contribution in [0.3, 0.4) is 0 Å². The average molecular weight is 430 g/mol. The molecule has 1 saturated heterocycles. The van der Waals surface area contributed by atoms with Crippen molar-refractivity contribution in [2.24, 2.45) is 0 Å². The molecule has 0 aromatic heterocycles. The van der Waals surface area contributed by atoms with Gasteiger partial charge in [0.15, 0.2) is 5.11 Å². The van der Waals surface area contributed by atoms with E-state index in [2.05, 4.69) is 10.6 Å². The number of nitrogens with zero attached hydrogens (tertiary/aromatic N) is 1. The summed E-state index contributed by atoms with van der Waals surface area (Å²) in [5, 5.41) is 6.07. The summed E-state index contributed by atoms with van der Waals surface area (Å²) in [5.74, 6) is -0.516. The Morgan fingerprint density at radius 3 is 2.30 bits per heavy atom. The van der Waals surface area contributed by atoms with Gasteiger partial charge < -0.3 is 15.4 Å². The molecule has 3 rings (SSSR count). The molecule has 2 aromatic rings. The lowest BCUT2D eigenvalue weighted by Gasteiger charge is -2.26. The fraction of sp³-hybridized carbons (Fsp3) is 0.235. The first-order valence-corrected chi connectivity index (χ1v) is 10.3. The van der Waals surface area contributed by atoms with Gasteiger partial charge in [0.2, 0.25) is 10.0 Å². The van der Waals surface area contributed by atoms with Crippen molar-refractivity contribution in [1.29, 1.82) is 0 Å². The van der Waals surface area contributed by atoms with Crippen molar-refractivity contribution in [3.8, 4) is 0 Å². The average Bonchev–Trinajstić information content (AvgIpc) is 2.66. The highest BCUT2D eigenvalue weighted by Gasteiger charge is 2.26.